The number of nitriles is 1. The van der Waals surface area contributed by atoms with E-state index in [9.17, 15) is 4.39 Å². The van der Waals surface area contributed by atoms with Gasteiger partial charge in [-0.25, -0.2) is 4.39 Å². The molecule has 0 aliphatic heterocycles. The molecule has 1 heterocycles. The Kier molecular flexibility index (Phi) is 2.40. The van der Waals surface area contributed by atoms with Crippen molar-refractivity contribution in [1.82, 2.24) is 10.2 Å². The number of aromatic amines is 1. The van der Waals surface area contributed by atoms with E-state index >= 15 is 0 Å². The van der Waals surface area contributed by atoms with Gasteiger partial charge in [0.2, 0.25) is 0 Å². The van der Waals surface area contributed by atoms with Gasteiger partial charge in [0.15, 0.2) is 5.69 Å². The van der Waals surface area contributed by atoms with Crippen molar-refractivity contribution < 1.29 is 4.39 Å². The smallest absolute Gasteiger partial charge is 0.162 e. The largest absolute Gasteiger partial charge is 0.277 e. The molecule has 3 nitrogen and oxygen atoms in total. The second kappa shape index (κ2) is 3.71. The summed E-state index contributed by atoms with van der Waals surface area (Å²) < 4.78 is 12.9. The van der Waals surface area contributed by atoms with Gasteiger partial charge < -0.3 is 0 Å². The van der Waals surface area contributed by atoms with Crippen molar-refractivity contribution in [3.8, 4) is 17.3 Å². The third kappa shape index (κ3) is 1.83. The first-order valence-corrected chi connectivity index (χ1v) is 4.49. The molecule has 0 spiro atoms. The molecule has 0 atom stereocenters. The van der Waals surface area contributed by atoms with Crippen LogP contribution in [0.15, 0.2) is 24.3 Å². The van der Waals surface area contributed by atoms with E-state index in [-0.39, 0.29) is 10.7 Å². The van der Waals surface area contributed by atoms with E-state index in [1.807, 2.05) is 6.07 Å². The highest BCUT2D eigenvalue weighted by atomic mass is 35.5. The normalized spacial score (nSPS) is 9.93. The van der Waals surface area contributed by atoms with Crippen molar-refractivity contribution in [3.63, 3.8) is 0 Å². The van der Waals surface area contributed by atoms with E-state index in [0.717, 1.165) is 0 Å². The lowest BCUT2D eigenvalue weighted by atomic mass is 10.1. The zero-order valence-electron chi connectivity index (χ0n) is 7.46. The molecule has 0 bridgehead atoms. The summed E-state index contributed by atoms with van der Waals surface area (Å²) in [5, 5.41) is 15.0. The van der Waals surface area contributed by atoms with Gasteiger partial charge >= 0.3 is 0 Å². The summed E-state index contributed by atoms with van der Waals surface area (Å²) in [7, 11) is 0. The van der Waals surface area contributed by atoms with Crippen LogP contribution in [-0.4, -0.2) is 10.2 Å². The Morgan fingerprint density at radius 1 is 1.40 bits per heavy atom. The highest BCUT2D eigenvalue weighted by Gasteiger charge is 2.05. The van der Waals surface area contributed by atoms with Crippen LogP contribution in [0.5, 0.6) is 0 Å². The third-order valence-corrected chi connectivity index (χ3v) is 2.21. The second-order valence-corrected chi connectivity index (χ2v) is 3.31. The lowest BCUT2D eigenvalue weighted by Crippen LogP contribution is -1.81. The summed E-state index contributed by atoms with van der Waals surface area (Å²) >= 11 is 5.63. The second-order valence-electron chi connectivity index (χ2n) is 2.91. The van der Waals surface area contributed by atoms with Crippen LogP contribution in [-0.2, 0) is 0 Å². The minimum atomic E-state index is -0.472. The average Bonchev–Trinajstić information content (AvgIpc) is 2.70. The first-order valence-electron chi connectivity index (χ1n) is 4.11. The van der Waals surface area contributed by atoms with E-state index in [4.69, 9.17) is 16.9 Å². The van der Waals surface area contributed by atoms with Crippen LogP contribution in [0.1, 0.15) is 5.69 Å². The number of nitrogens with zero attached hydrogens (tertiary/aromatic N) is 2. The summed E-state index contributed by atoms with van der Waals surface area (Å²) in [6, 6.07) is 7.78. The molecule has 2 rings (SSSR count). The number of hydrogen-bond acceptors (Lipinski definition) is 2. The van der Waals surface area contributed by atoms with Gasteiger partial charge in [-0.05, 0) is 18.2 Å². The number of hydrogen-bond donors (Lipinski definition) is 1. The number of benzene rings is 1. The molecule has 0 aliphatic carbocycles. The Labute approximate surface area is 90.1 Å². The summed E-state index contributed by atoms with van der Waals surface area (Å²) in [6.07, 6.45) is 0. The Balaban J connectivity index is 2.46. The molecule has 0 saturated carbocycles. The van der Waals surface area contributed by atoms with E-state index in [1.54, 1.807) is 12.1 Å². The molecule has 1 aromatic heterocycles. The lowest BCUT2D eigenvalue weighted by molar-refractivity contribution is 0.628. The predicted molar refractivity (Wildman–Crippen MR) is 53.7 cm³/mol. The third-order valence-electron chi connectivity index (χ3n) is 1.92. The van der Waals surface area contributed by atoms with Crippen LogP contribution in [0.25, 0.3) is 11.3 Å². The van der Waals surface area contributed by atoms with Gasteiger partial charge in [0, 0.05) is 11.6 Å². The molecule has 0 aliphatic rings. The summed E-state index contributed by atoms with van der Waals surface area (Å²) in [6.45, 7) is 0. The molecule has 0 unspecified atom stereocenters. The van der Waals surface area contributed by atoms with Gasteiger partial charge in [0.05, 0.1) is 10.7 Å². The van der Waals surface area contributed by atoms with Crippen molar-refractivity contribution in [2.75, 3.05) is 0 Å². The number of halogens is 2. The van der Waals surface area contributed by atoms with Gasteiger partial charge in [-0.3, -0.25) is 5.10 Å². The van der Waals surface area contributed by atoms with Crippen LogP contribution in [0.4, 0.5) is 4.39 Å². The molecule has 5 heteroatoms. The van der Waals surface area contributed by atoms with Gasteiger partial charge in [-0.15, -0.1) is 0 Å². The highest BCUT2D eigenvalue weighted by molar-refractivity contribution is 6.31. The van der Waals surface area contributed by atoms with Gasteiger partial charge in [-0.1, -0.05) is 11.6 Å². The van der Waals surface area contributed by atoms with Crippen LogP contribution in [0.2, 0.25) is 5.02 Å². The predicted octanol–water partition coefficient (Wildman–Crippen LogP) is 2.74. The maximum absolute atomic E-state index is 12.9. The number of nitrogens with one attached hydrogen (secondary N) is 1. The molecule has 0 radical (unpaired) electrons. The fourth-order valence-corrected chi connectivity index (χ4v) is 1.37. The van der Waals surface area contributed by atoms with Crippen molar-refractivity contribution in [2.24, 2.45) is 0 Å². The zero-order chi connectivity index (χ0) is 10.8. The SMILES string of the molecule is N#Cc1cc(-c2ccc(F)c(Cl)c2)[nH]n1. The Hall–Kier alpha value is -1.86. The lowest BCUT2D eigenvalue weighted by Gasteiger charge is -1.98. The maximum atomic E-state index is 12.9. The molecule has 1 N–H and O–H groups in total. The summed E-state index contributed by atoms with van der Waals surface area (Å²) in [5.41, 5.74) is 1.61. The molecule has 0 amide bonds. The van der Waals surface area contributed by atoms with Crippen molar-refractivity contribution in [3.05, 3.63) is 40.8 Å². The Morgan fingerprint density at radius 2 is 2.20 bits per heavy atom. The fourth-order valence-electron chi connectivity index (χ4n) is 1.19. The summed E-state index contributed by atoms with van der Waals surface area (Å²) in [5.74, 6) is -0.472. The van der Waals surface area contributed by atoms with E-state index < -0.39 is 5.82 Å². The van der Waals surface area contributed by atoms with E-state index in [0.29, 0.717) is 11.3 Å². The Bertz CT molecular complexity index is 542. The topological polar surface area (TPSA) is 52.5 Å². The average molecular weight is 222 g/mol. The molecular formula is C10H5ClFN3. The monoisotopic (exact) mass is 221 g/mol. The minimum absolute atomic E-state index is 0.0422. The standard InChI is InChI=1S/C10H5ClFN3/c11-8-3-6(1-2-9(8)12)10-4-7(5-13)14-15-10/h1-4H,(H,14,15). The van der Waals surface area contributed by atoms with Gasteiger partial charge in [0.1, 0.15) is 11.9 Å². The molecule has 2 aromatic rings. The molecular weight excluding hydrogens is 217 g/mol. The molecule has 15 heavy (non-hydrogen) atoms. The molecule has 0 saturated heterocycles. The summed E-state index contributed by atoms with van der Waals surface area (Å²) in [4.78, 5) is 0. The van der Waals surface area contributed by atoms with Crippen LogP contribution < -0.4 is 0 Å². The quantitative estimate of drug-likeness (QED) is 0.805. The van der Waals surface area contributed by atoms with Crippen LogP contribution >= 0.6 is 11.6 Å². The molecule has 0 fully saturated rings. The van der Waals surface area contributed by atoms with Crippen molar-refractivity contribution >= 4 is 11.6 Å². The fraction of sp³-hybridized carbons (Fsp3) is 0. The van der Waals surface area contributed by atoms with E-state index in [1.165, 1.54) is 12.1 Å². The van der Waals surface area contributed by atoms with Crippen molar-refractivity contribution in [2.45, 2.75) is 0 Å². The first-order chi connectivity index (χ1) is 7.20. The first kappa shape index (κ1) is 9.69. The molecule has 74 valence electrons. The van der Waals surface area contributed by atoms with Gasteiger partial charge in [0.25, 0.3) is 0 Å². The number of rotatable bonds is 1. The minimum Gasteiger partial charge on any atom is -0.277 e. The van der Waals surface area contributed by atoms with Crippen molar-refractivity contribution in [1.29, 1.82) is 5.26 Å². The highest BCUT2D eigenvalue weighted by Crippen LogP contribution is 2.23. The molecule has 1 aromatic carbocycles. The number of aromatic nitrogens is 2. The van der Waals surface area contributed by atoms with Gasteiger partial charge in [-0.2, -0.15) is 10.4 Å². The zero-order valence-corrected chi connectivity index (χ0v) is 8.22. The van der Waals surface area contributed by atoms with E-state index in [2.05, 4.69) is 10.2 Å². The van der Waals surface area contributed by atoms with Crippen LogP contribution in [0, 0.1) is 17.1 Å². The van der Waals surface area contributed by atoms with Crippen LogP contribution in [0.3, 0.4) is 0 Å². The maximum Gasteiger partial charge on any atom is 0.162 e. The Morgan fingerprint density at radius 3 is 2.80 bits per heavy atom. The number of H-pyrrole nitrogens is 1.